The number of rotatable bonds is 5. The molecule has 0 bridgehead atoms. The van der Waals surface area contributed by atoms with E-state index in [1.807, 2.05) is 30.3 Å². The van der Waals surface area contributed by atoms with E-state index in [0.717, 1.165) is 5.56 Å². The molecule has 0 atom stereocenters. The van der Waals surface area contributed by atoms with Gasteiger partial charge >= 0.3 is 11.6 Å². The summed E-state index contributed by atoms with van der Waals surface area (Å²) in [5.74, 6) is -0.0722. The quantitative estimate of drug-likeness (QED) is 0.514. The molecule has 0 unspecified atom stereocenters. The molecule has 1 heterocycles. The van der Waals surface area contributed by atoms with Crippen LogP contribution in [0.4, 0.5) is 0 Å². The molecule has 3 rings (SSSR count). The van der Waals surface area contributed by atoms with Crippen molar-refractivity contribution in [1.82, 2.24) is 0 Å². The summed E-state index contributed by atoms with van der Waals surface area (Å²) < 4.78 is 16.5. The first-order valence-electron chi connectivity index (χ1n) is 8.39. The summed E-state index contributed by atoms with van der Waals surface area (Å²) in [5.41, 5.74) is 0.997. The first-order chi connectivity index (χ1) is 12.5. The van der Waals surface area contributed by atoms with E-state index in [2.05, 4.69) is 0 Å². The molecule has 26 heavy (non-hydrogen) atoms. The second-order valence-corrected chi connectivity index (χ2v) is 6.27. The Hall–Kier alpha value is -3.08. The van der Waals surface area contributed by atoms with Crippen molar-refractivity contribution in [2.75, 3.05) is 7.11 Å². The molecular weight excluding hydrogens is 332 g/mol. The SMILES string of the molecule is COc1cccc2oc(=O)c(Cc3ccccc3)c(OC(=O)C(C)C)c12. The van der Waals surface area contributed by atoms with Crippen LogP contribution in [0.25, 0.3) is 11.0 Å². The van der Waals surface area contributed by atoms with Gasteiger partial charge in [-0.2, -0.15) is 0 Å². The number of fused-ring (bicyclic) bond motifs is 1. The number of carbonyl (C=O) groups is 1. The Kier molecular flexibility index (Phi) is 5.07. The van der Waals surface area contributed by atoms with E-state index in [1.165, 1.54) is 7.11 Å². The fraction of sp³-hybridized carbons (Fsp3) is 0.238. The minimum absolute atomic E-state index is 0.205. The molecule has 0 amide bonds. The predicted molar refractivity (Wildman–Crippen MR) is 98.8 cm³/mol. The average Bonchev–Trinajstić information content (AvgIpc) is 2.64. The molecule has 0 N–H and O–H groups in total. The topological polar surface area (TPSA) is 65.7 Å². The minimum Gasteiger partial charge on any atom is -0.496 e. The van der Waals surface area contributed by atoms with Gasteiger partial charge in [-0.3, -0.25) is 4.79 Å². The largest absolute Gasteiger partial charge is 0.496 e. The standard InChI is InChI=1S/C21H20O5/c1-13(2)20(22)26-19-15(12-14-8-5-4-6-9-14)21(23)25-17-11-7-10-16(24-3)18(17)19/h4-11,13H,12H2,1-3H3. The number of ether oxygens (including phenoxy) is 2. The molecule has 0 aliphatic heterocycles. The lowest BCUT2D eigenvalue weighted by Gasteiger charge is -2.15. The maximum atomic E-state index is 12.6. The molecule has 0 fully saturated rings. The van der Waals surface area contributed by atoms with Crippen molar-refractivity contribution in [2.24, 2.45) is 5.92 Å². The number of benzene rings is 2. The van der Waals surface area contributed by atoms with Gasteiger partial charge in [0.15, 0.2) is 5.75 Å². The van der Waals surface area contributed by atoms with E-state index in [4.69, 9.17) is 13.9 Å². The van der Waals surface area contributed by atoms with Crippen LogP contribution in [-0.4, -0.2) is 13.1 Å². The summed E-state index contributed by atoms with van der Waals surface area (Å²) in [5, 5.41) is 0.481. The van der Waals surface area contributed by atoms with Gasteiger partial charge < -0.3 is 13.9 Å². The lowest BCUT2D eigenvalue weighted by Crippen LogP contribution is -2.19. The van der Waals surface area contributed by atoms with Gasteiger partial charge in [-0.1, -0.05) is 50.2 Å². The van der Waals surface area contributed by atoms with Gasteiger partial charge in [0.25, 0.3) is 0 Å². The van der Waals surface area contributed by atoms with Crippen molar-refractivity contribution in [1.29, 1.82) is 0 Å². The molecule has 2 aromatic carbocycles. The highest BCUT2D eigenvalue weighted by Gasteiger charge is 2.23. The summed E-state index contributed by atoms with van der Waals surface area (Å²) in [7, 11) is 1.52. The van der Waals surface area contributed by atoms with Crippen LogP contribution in [0.2, 0.25) is 0 Å². The molecule has 1 aromatic heterocycles. The molecule has 0 radical (unpaired) electrons. The summed E-state index contributed by atoms with van der Waals surface area (Å²) >= 11 is 0. The Labute approximate surface area is 151 Å². The first kappa shape index (κ1) is 17.7. The van der Waals surface area contributed by atoms with E-state index in [1.54, 1.807) is 32.0 Å². The third kappa shape index (κ3) is 3.47. The second-order valence-electron chi connectivity index (χ2n) is 6.27. The van der Waals surface area contributed by atoms with E-state index < -0.39 is 11.6 Å². The highest BCUT2D eigenvalue weighted by molar-refractivity contribution is 5.93. The lowest BCUT2D eigenvalue weighted by atomic mass is 10.0. The zero-order valence-electron chi connectivity index (χ0n) is 14.9. The van der Waals surface area contributed by atoms with E-state index >= 15 is 0 Å². The molecule has 134 valence electrons. The van der Waals surface area contributed by atoms with Crippen LogP contribution in [0.5, 0.6) is 11.5 Å². The molecule has 0 spiro atoms. The predicted octanol–water partition coefficient (Wildman–Crippen LogP) is 3.95. The average molecular weight is 352 g/mol. The van der Waals surface area contributed by atoms with E-state index in [9.17, 15) is 9.59 Å². The molecule has 0 saturated carbocycles. The Morgan fingerprint density at radius 1 is 1.08 bits per heavy atom. The van der Waals surface area contributed by atoms with Crippen molar-refractivity contribution in [3.63, 3.8) is 0 Å². The van der Waals surface area contributed by atoms with Crippen LogP contribution in [0.3, 0.4) is 0 Å². The van der Waals surface area contributed by atoms with Crippen molar-refractivity contribution in [2.45, 2.75) is 20.3 Å². The molecule has 5 heteroatoms. The minimum atomic E-state index is -0.527. The van der Waals surface area contributed by atoms with Crippen LogP contribution in [0, 0.1) is 5.92 Å². The molecule has 0 aliphatic rings. The lowest BCUT2D eigenvalue weighted by molar-refractivity contribution is -0.137. The van der Waals surface area contributed by atoms with Gasteiger partial charge in [0.1, 0.15) is 16.7 Å². The zero-order chi connectivity index (χ0) is 18.7. The third-order valence-electron chi connectivity index (χ3n) is 4.06. The number of hydrogen-bond acceptors (Lipinski definition) is 5. The van der Waals surface area contributed by atoms with Gasteiger partial charge in [-0.25, -0.2) is 4.79 Å². The van der Waals surface area contributed by atoms with Crippen LogP contribution in [0.1, 0.15) is 25.0 Å². The number of carbonyl (C=O) groups excluding carboxylic acids is 1. The van der Waals surface area contributed by atoms with Crippen molar-refractivity contribution in [3.8, 4) is 11.5 Å². The molecule has 0 saturated heterocycles. The molecule has 0 aliphatic carbocycles. The van der Waals surface area contributed by atoms with Crippen molar-refractivity contribution in [3.05, 3.63) is 70.1 Å². The van der Waals surface area contributed by atoms with Gasteiger partial charge in [0.05, 0.1) is 18.6 Å². The van der Waals surface area contributed by atoms with Crippen LogP contribution < -0.4 is 15.1 Å². The molecule has 5 nitrogen and oxygen atoms in total. The van der Waals surface area contributed by atoms with Crippen LogP contribution in [0.15, 0.2) is 57.7 Å². The third-order valence-corrected chi connectivity index (χ3v) is 4.06. The van der Waals surface area contributed by atoms with Gasteiger partial charge in [0.2, 0.25) is 0 Å². The van der Waals surface area contributed by atoms with Crippen LogP contribution in [-0.2, 0) is 11.2 Å². The van der Waals surface area contributed by atoms with E-state index in [0.29, 0.717) is 22.3 Å². The van der Waals surface area contributed by atoms with Crippen LogP contribution >= 0.6 is 0 Å². The van der Waals surface area contributed by atoms with Gasteiger partial charge in [0, 0.05) is 6.42 Å². The fourth-order valence-electron chi connectivity index (χ4n) is 2.68. The van der Waals surface area contributed by atoms with E-state index in [-0.39, 0.29) is 18.1 Å². The van der Waals surface area contributed by atoms with Gasteiger partial charge in [-0.15, -0.1) is 0 Å². The summed E-state index contributed by atoms with van der Waals surface area (Å²) in [6.45, 7) is 3.48. The van der Waals surface area contributed by atoms with Crippen molar-refractivity contribution >= 4 is 16.9 Å². The molecule has 3 aromatic rings. The maximum absolute atomic E-state index is 12.6. The maximum Gasteiger partial charge on any atom is 0.343 e. The Bertz CT molecular complexity index is 986. The number of esters is 1. The monoisotopic (exact) mass is 352 g/mol. The fourth-order valence-corrected chi connectivity index (χ4v) is 2.68. The summed E-state index contributed by atoms with van der Waals surface area (Å²) in [6.07, 6.45) is 0.290. The zero-order valence-corrected chi connectivity index (χ0v) is 14.9. The first-order valence-corrected chi connectivity index (χ1v) is 8.39. The number of methoxy groups -OCH3 is 1. The Morgan fingerprint density at radius 2 is 1.81 bits per heavy atom. The van der Waals surface area contributed by atoms with Gasteiger partial charge in [-0.05, 0) is 17.7 Å². The highest BCUT2D eigenvalue weighted by Crippen LogP contribution is 2.36. The summed E-state index contributed by atoms with van der Waals surface area (Å²) in [6, 6.07) is 14.6. The Morgan fingerprint density at radius 3 is 2.46 bits per heavy atom. The second kappa shape index (κ2) is 7.44. The summed E-state index contributed by atoms with van der Waals surface area (Å²) in [4.78, 5) is 24.9. The van der Waals surface area contributed by atoms with Crippen molar-refractivity contribution < 1.29 is 18.7 Å². The molecular formula is C21H20O5. The Balaban J connectivity index is 2.25. The highest BCUT2D eigenvalue weighted by atomic mass is 16.5. The normalized spacial score (nSPS) is 10.9. The smallest absolute Gasteiger partial charge is 0.343 e. The number of hydrogen-bond donors (Lipinski definition) is 0.